The number of ether oxygens (including phenoxy) is 2. The van der Waals surface area contributed by atoms with E-state index < -0.39 is 48.7 Å². The number of carbonyl (C=O) groups is 1. The zero-order valence-corrected chi connectivity index (χ0v) is 15.8. The fourth-order valence-electron chi connectivity index (χ4n) is 4.18. The number of nitrogens with two attached hydrogens (primary N) is 1. The van der Waals surface area contributed by atoms with Gasteiger partial charge < -0.3 is 46.3 Å². The van der Waals surface area contributed by atoms with E-state index in [4.69, 9.17) is 15.2 Å². The zero-order chi connectivity index (χ0) is 20.4. The fraction of sp³-hybridized carbons (Fsp3) is 0.833. The van der Waals surface area contributed by atoms with Crippen LogP contribution in [-0.4, -0.2) is 101 Å². The summed E-state index contributed by atoms with van der Waals surface area (Å²) >= 11 is 0. The summed E-state index contributed by atoms with van der Waals surface area (Å²) < 4.78 is 11.4. The molecule has 5 unspecified atom stereocenters. The predicted molar refractivity (Wildman–Crippen MR) is 98.1 cm³/mol. The highest BCUT2D eigenvalue weighted by Gasteiger charge is 2.49. The van der Waals surface area contributed by atoms with Gasteiger partial charge in [-0.05, 0) is 13.3 Å². The number of fused-ring (bicyclic) bond motifs is 1. The molecule has 28 heavy (non-hydrogen) atoms. The third-order valence-corrected chi connectivity index (χ3v) is 5.83. The molecule has 0 aromatic heterocycles. The van der Waals surface area contributed by atoms with E-state index in [1.165, 1.54) is 6.92 Å². The van der Waals surface area contributed by atoms with Crippen LogP contribution in [-0.2, 0) is 14.3 Å². The van der Waals surface area contributed by atoms with Crippen molar-refractivity contribution in [3.8, 4) is 0 Å². The van der Waals surface area contributed by atoms with E-state index in [1.54, 1.807) is 0 Å². The minimum atomic E-state index is -1.50. The summed E-state index contributed by atoms with van der Waals surface area (Å²) in [7, 11) is 0. The Hall–Kier alpha value is -1.11. The molecule has 10 heteroatoms. The molecule has 160 valence electrons. The van der Waals surface area contributed by atoms with Gasteiger partial charge in [0, 0.05) is 19.0 Å². The smallest absolute Gasteiger partial charge is 0.240 e. The van der Waals surface area contributed by atoms with Gasteiger partial charge in [0.1, 0.15) is 30.5 Å². The zero-order valence-electron chi connectivity index (χ0n) is 15.8. The monoisotopic (exact) mass is 401 g/mol. The Balaban J connectivity index is 1.71. The van der Waals surface area contributed by atoms with Gasteiger partial charge in [0.2, 0.25) is 5.91 Å². The van der Waals surface area contributed by atoms with E-state index in [2.05, 4.69) is 10.6 Å². The molecule has 10 atom stereocenters. The largest absolute Gasteiger partial charge is 0.391 e. The van der Waals surface area contributed by atoms with Gasteiger partial charge in [-0.1, -0.05) is 12.2 Å². The number of rotatable bonds is 5. The third-order valence-electron chi connectivity index (χ3n) is 5.83. The summed E-state index contributed by atoms with van der Waals surface area (Å²) in [5.74, 6) is -0.212. The predicted octanol–water partition coefficient (Wildman–Crippen LogP) is -3.41. The molecule has 0 spiro atoms. The molecule has 1 amide bonds. The molecule has 0 aliphatic carbocycles. The maximum absolute atomic E-state index is 12.9. The molecule has 3 rings (SSSR count). The van der Waals surface area contributed by atoms with Crippen LogP contribution < -0.4 is 16.4 Å². The first-order valence-electron chi connectivity index (χ1n) is 9.73. The molecule has 3 heterocycles. The van der Waals surface area contributed by atoms with Crippen molar-refractivity contribution < 1.29 is 34.7 Å². The van der Waals surface area contributed by atoms with Crippen LogP contribution in [0.15, 0.2) is 12.2 Å². The highest BCUT2D eigenvalue weighted by Crippen LogP contribution is 2.27. The lowest BCUT2D eigenvalue weighted by Gasteiger charge is -2.44. The number of allylic oxidation sites excluding steroid dienone is 1. The minimum Gasteiger partial charge on any atom is -0.391 e. The Kier molecular flexibility index (Phi) is 7.05. The number of aliphatic hydroxyl groups excluding tert-OH is 4. The highest BCUT2D eigenvalue weighted by atomic mass is 16.5. The Labute approximate surface area is 163 Å². The van der Waals surface area contributed by atoms with Crippen molar-refractivity contribution in [3.05, 3.63) is 12.2 Å². The normalized spacial score (nSPS) is 43.1. The molecule has 8 N–H and O–H groups in total. The number of aliphatic hydroxyl groups is 4. The maximum atomic E-state index is 12.9. The molecule has 0 radical (unpaired) electrons. The molecule has 2 fully saturated rings. The second-order valence-electron chi connectivity index (χ2n) is 7.77. The van der Waals surface area contributed by atoms with E-state index in [1.807, 2.05) is 12.2 Å². The van der Waals surface area contributed by atoms with Crippen LogP contribution in [0.1, 0.15) is 13.3 Å². The van der Waals surface area contributed by atoms with Gasteiger partial charge in [0.15, 0.2) is 0 Å². The first-order valence-corrected chi connectivity index (χ1v) is 9.73. The van der Waals surface area contributed by atoms with Crippen molar-refractivity contribution in [1.29, 1.82) is 0 Å². The number of hydrogen-bond acceptors (Lipinski definition) is 9. The summed E-state index contributed by atoms with van der Waals surface area (Å²) in [6.45, 7) is 2.43. The SMILES string of the molecule is C[C@@H](O)[C@@H](NC(=O)[C@H]1NC[C@@H]2CC=CCO[C@H]21)C1OC(CN)C(O)C(O)C1O. The molecule has 10 nitrogen and oxygen atoms in total. The molecule has 0 saturated carbocycles. The van der Waals surface area contributed by atoms with Gasteiger partial charge in [-0.25, -0.2) is 0 Å². The van der Waals surface area contributed by atoms with Crippen LogP contribution in [0.4, 0.5) is 0 Å². The number of hydrogen-bond donors (Lipinski definition) is 7. The van der Waals surface area contributed by atoms with Gasteiger partial charge in [-0.2, -0.15) is 0 Å². The topological polar surface area (TPSA) is 167 Å². The van der Waals surface area contributed by atoms with Gasteiger partial charge in [0.05, 0.1) is 31.0 Å². The number of nitrogens with one attached hydrogen (secondary N) is 2. The standard InChI is InChI=1S/C18H31N3O7/c1-8(22)11(17-15(25)14(24)13(23)10(6-19)28-17)21-18(26)12-16-9(7-20-12)4-2-3-5-27-16/h2-3,8-17,20,22-25H,4-7,19H2,1H3,(H,21,26)/t8-,9+,10?,11-,12+,13?,14?,15?,16-,17?/m1/s1. The van der Waals surface area contributed by atoms with E-state index in [-0.39, 0.29) is 24.5 Å². The number of amides is 1. The highest BCUT2D eigenvalue weighted by molar-refractivity contribution is 5.83. The molecule has 2 saturated heterocycles. The van der Waals surface area contributed by atoms with Gasteiger partial charge >= 0.3 is 0 Å². The summed E-state index contributed by atoms with van der Waals surface area (Å²) in [5, 5.41) is 46.5. The Morgan fingerprint density at radius 2 is 2.04 bits per heavy atom. The average Bonchev–Trinajstić information content (AvgIpc) is 2.93. The van der Waals surface area contributed by atoms with Crippen molar-refractivity contribution in [3.63, 3.8) is 0 Å². The second-order valence-corrected chi connectivity index (χ2v) is 7.77. The van der Waals surface area contributed by atoms with Gasteiger partial charge in [0.25, 0.3) is 0 Å². The summed E-state index contributed by atoms with van der Waals surface area (Å²) in [4.78, 5) is 12.9. The molecule has 0 aromatic rings. The van der Waals surface area contributed by atoms with E-state index in [0.29, 0.717) is 13.2 Å². The van der Waals surface area contributed by atoms with Gasteiger partial charge in [-0.3, -0.25) is 4.79 Å². The Morgan fingerprint density at radius 1 is 1.29 bits per heavy atom. The molecule has 3 aliphatic heterocycles. The van der Waals surface area contributed by atoms with Crippen LogP contribution >= 0.6 is 0 Å². The second kappa shape index (κ2) is 9.14. The molecular formula is C18H31N3O7. The molecular weight excluding hydrogens is 370 g/mol. The van der Waals surface area contributed by atoms with Crippen molar-refractivity contribution in [2.75, 3.05) is 19.7 Å². The summed E-state index contributed by atoms with van der Waals surface area (Å²) in [6, 6.07) is -1.61. The van der Waals surface area contributed by atoms with Crippen LogP contribution in [0.2, 0.25) is 0 Å². The average molecular weight is 401 g/mol. The van der Waals surface area contributed by atoms with E-state index in [0.717, 1.165) is 6.42 Å². The lowest BCUT2D eigenvalue weighted by atomic mass is 9.89. The van der Waals surface area contributed by atoms with Crippen LogP contribution in [0.5, 0.6) is 0 Å². The van der Waals surface area contributed by atoms with Crippen molar-refractivity contribution in [2.24, 2.45) is 11.7 Å². The summed E-state index contributed by atoms with van der Waals surface area (Å²) in [5.41, 5.74) is 5.57. The molecule has 0 bridgehead atoms. The van der Waals surface area contributed by atoms with Crippen LogP contribution in [0, 0.1) is 5.92 Å². The first-order chi connectivity index (χ1) is 13.3. The quantitative estimate of drug-likeness (QED) is 0.232. The van der Waals surface area contributed by atoms with Gasteiger partial charge in [-0.15, -0.1) is 0 Å². The molecule has 3 aliphatic rings. The van der Waals surface area contributed by atoms with E-state index in [9.17, 15) is 25.2 Å². The number of carbonyl (C=O) groups excluding carboxylic acids is 1. The van der Waals surface area contributed by atoms with E-state index >= 15 is 0 Å². The minimum absolute atomic E-state index is 0.0866. The Morgan fingerprint density at radius 3 is 2.71 bits per heavy atom. The Bertz CT molecular complexity index is 573. The van der Waals surface area contributed by atoms with Crippen LogP contribution in [0.3, 0.4) is 0 Å². The van der Waals surface area contributed by atoms with Crippen molar-refractivity contribution in [1.82, 2.24) is 10.6 Å². The first kappa shape index (κ1) is 21.6. The lowest BCUT2D eigenvalue weighted by molar-refractivity contribution is -0.230. The fourth-order valence-corrected chi connectivity index (χ4v) is 4.18. The van der Waals surface area contributed by atoms with Crippen LogP contribution in [0.25, 0.3) is 0 Å². The molecule has 0 aromatic carbocycles. The summed E-state index contributed by atoms with van der Waals surface area (Å²) in [6.07, 6.45) is -3.02. The third kappa shape index (κ3) is 4.24. The van der Waals surface area contributed by atoms with Crippen molar-refractivity contribution >= 4 is 5.91 Å². The lowest BCUT2D eigenvalue weighted by Crippen LogP contribution is -2.67. The maximum Gasteiger partial charge on any atom is 0.240 e. The van der Waals surface area contributed by atoms with Crippen molar-refractivity contribution in [2.45, 2.75) is 68.2 Å².